The molecule has 0 saturated heterocycles. The molecule has 0 aliphatic rings. The quantitative estimate of drug-likeness (QED) is 0.205. The topological polar surface area (TPSA) is 171 Å². The highest BCUT2D eigenvalue weighted by Gasteiger charge is 2.27. The van der Waals surface area contributed by atoms with E-state index in [2.05, 4.69) is 28.6 Å². The first kappa shape index (κ1) is 23.1. The zero-order chi connectivity index (χ0) is 19.7. The van der Waals surface area contributed by atoms with Crippen LogP contribution < -0.4 is 21.7 Å². The average molecular weight is 378 g/mol. The number of carboxylic acid groups (broad SMARTS) is 1. The van der Waals surface area contributed by atoms with E-state index >= 15 is 0 Å². The van der Waals surface area contributed by atoms with E-state index in [1.165, 1.54) is 6.92 Å². The number of carbonyl (C=O) groups excluding carboxylic acids is 3. The van der Waals surface area contributed by atoms with Gasteiger partial charge in [0.25, 0.3) is 0 Å². The summed E-state index contributed by atoms with van der Waals surface area (Å²) in [6, 6.07) is -4.36. The molecule has 25 heavy (non-hydrogen) atoms. The van der Waals surface area contributed by atoms with Crippen molar-refractivity contribution in [1.82, 2.24) is 16.0 Å². The molecule has 4 atom stereocenters. The summed E-state index contributed by atoms with van der Waals surface area (Å²) in [5.74, 6) is -3.54. The molecule has 0 unspecified atom stereocenters. The van der Waals surface area contributed by atoms with Crippen molar-refractivity contribution in [2.45, 2.75) is 44.9 Å². The first-order chi connectivity index (χ1) is 11.5. The van der Waals surface area contributed by atoms with Crippen molar-refractivity contribution in [3.63, 3.8) is 0 Å². The molecule has 0 aromatic carbocycles. The third kappa shape index (κ3) is 7.71. The highest BCUT2D eigenvalue weighted by molar-refractivity contribution is 7.80. The number of nitrogens with one attached hydrogen (secondary N) is 3. The number of thiol groups is 1. The third-order valence-corrected chi connectivity index (χ3v) is 3.75. The Bertz CT molecular complexity index is 502. The lowest BCUT2D eigenvalue weighted by Gasteiger charge is -2.23. The molecule has 0 bridgehead atoms. The molecule has 3 amide bonds. The Morgan fingerprint density at radius 2 is 1.48 bits per heavy atom. The fourth-order valence-corrected chi connectivity index (χ4v) is 1.88. The zero-order valence-corrected chi connectivity index (χ0v) is 15.2. The van der Waals surface area contributed by atoms with Gasteiger partial charge < -0.3 is 31.9 Å². The van der Waals surface area contributed by atoms with Crippen LogP contribution in [0.1, 0.15) is 20.8 Å². The predicted molar refractivity (Wildman–Crippen MR) is 92.9 cm³/mol. The van der Waals surface area contributed by atoms with E-state index in [-0.39, 0.29) is 11.7 Å². The van der Waals surface area contributed by atoms with Crippen molar-refractivity contribution in [3.05, 3.63) is 0 Å². The van der Waals surface area contributed by atoms with Gasteiger partial charge in [-0.05, 0) is 12.8 Å². The Labute approximate surface area is 151 Å². The standard InChI is InChI=1S/C14H26N4O6S/c1-6(2)10(15)13(22)18-9(5-25)12(21)16-7(3)11(20)17-8(4-19)14(23)24/h6-10,19,25H,4-5,15H2,1-3H3,(H,16,21)(H,17,20)(H,18,22)(H,23,24)/t7-,8-,9-,10-/m0/s1. The van der Waals surface area contributed by atoms with Crippen molar-refractivity contribution in [3.8, 4) is 0 Å². The first-order valence-corrected chi connectivity index (χ1v) is 8.29. The monoisotopic (exact) mass is 378 g/mol. The molecule has 0 fully saturated rings. The Balaban J connectivity index is 4.73. The van der Waals surface area contributed by atoms with Crippen LogP contribution in [0.15, 0.2) is 0 Å². The molecule has 7 N–H and O–H groups in total. The highest BCUT2D eigenvalue weighted by Crippen LogP contribution is 2.00. The molecule has 0 aromatic rings. The number of aliphatic hydroxyl groups excluding tert-OH is 1. The van der Waals surface area contributed by atoms with E-state index in [9.17, 15) is 19.2 Å². The lowest BCUT2D eigenvalue weighted by Crippen LogP contribution is -2.57. The minimum Gasteiger partial charge on any atom is -0.480 e. The number of aliphatic carboxylic acids is 1. The SMILES string of the molecule is CC(C)[C@H](N)C(=O)N[C@@H](CS)C(=O)N[C@@H](C)C(=O)N[C@@H](CO)C(=O)O. The highest BCUT2D eigenvalue weighted by atomic mass is 32.1. The van der Waals surface area contributed by atoms with Crippen molar-refractivity contribution in [2.24, 2.45) is 11.7 Å². The molecule has 0 saturated carbocycles. The maximum absolute atomic E-state index is 12.1. The van der Waals surface area contributed by atoms with Gasteiger partial charge in [0.15, 0.2) is 0 Å². The molecule has 0 heterocycles. The van der Waals surface area contributed by atoms with Gasteiger partial charge in [-0.15, -0.1) is 0 Å². The minimum absolute atomic E-state index is 0.0227. The smallest absolute Gasteiger partial charge is 0.328 e. The molecule has 11 heteroatoms. The summed E-state index contributed by atoms with van der Waals surface area (Å²) in [7, 11) is 0. The summed E-state index contributed by atoms with van der Waals surface area (Å²) >= 11 is 3.99. The van der Waals surface area contributed by atoms with Crippen LogP contribution in [0.4, 0.5) is 0 Å². The van der Waals surface area contributed by atoms with Crippen molar-refractivity contribution >= 4 is 36.3 Å². The maximum atomic E-state index is 12.1. The number of rotatable bonds is 10. The van der Waals surface area contributed by atoms with Crippen LogP contribution in [0.5, 0.6) is 0 Å². The number of aliphatic hydroxyl groups is 1. The molecule has 0 aliphatic heterocycles. The molecule has 0 aliphatic carbocycles. The molecule has 0 rings (SSSR count). The summed E-state index contributed by atoms with van der Waals surface area (Å²) in [6.45, 7) is 4.06. The predicted octanol–water partition coefficient (Wildman–Crippen LogP) is -2.55. The molecule has 144 valence electrons. The summed E-state index contributed by atoms with van der Waals surface area (Å²) in [5.41, 5.74) is 5.70. The summed E-state index contributed by atoms with van der Waals surface area (Å²) < 4.78 is 0. The second-order valence-corrected chi connectivity index (χ2v) is 6.19. The number of hydrogen-bond donors (Lipinski definition) is 7. The summed E-state index contributed by atoms with van der Waals surface area (Å²) in [4.78, 5) is 46.7. The third-order valence-electron chi connectivity index (χ3n) is 3.39. The summed E-state index contributed by atoms with van der Waals surface area (Å²) in [6.07, 6.45) is 0. The molecule has 0 spiro atoms. The second kappa shape index (κ2) is 10.9. The second-order valence-electron chi connectivity index (χ2n) is 5.83. The molecule has 10 nitrogen and oxygen atoms in total. The van der Waals surface area contributed by atoms with Crippen LogP contribution >= 0.6 is 12.6 Å². The molecule has 0 aromatic heterocycles. The normalized spacial score (nSPS) is 15.6. The van der Waals surface area contributed by atoms with Gasteiger partial charge in [0, 0.05) is 5.75 Å². The Morgan fingerprint density at radius 1 is 0.960 bits per heavy atom. The van der Waals surface area contributed by atoms with Crippen molar-refractivity contribution < 1.29 is 29.4 Å². The first-order valence-electron chi connectivity index (χ1n) is 7.66. The van der Waals surface area contributed by atoms with Crippen LogP contribution in [0.3, 0.4) is 0 Å². The lowest BCUT2D eigenvalue weighted by molar-refractivity contribution is -0.143. The van der Waals surface area contributed by atoms with Gasteiger partial charge in [-0.1, -0.05) is 13.8 Å². The Kier molecular flexibility index (Phi) is 10.1. The number of hydrogen-bond acceptors (Lipinski definition) is 7. The van der Waals surface area contributed by atoms with Gasteiger partial charge >= 0.3 is 5.97 Å². The van der Waals surface area contributed by atoms with Crippen LogP contribution in [0.25, 0.3) is 0 Å². The van der Waals surface area contributed by atoms with Gasteiger partial charge in [0.1, 0.15) is 18.1 Å². The van der Waals surface area contributed by atoms with Crippen LogP contribution in [-0.4, -0.2) is 70.4 Å². The van der Waals surface area contributed by atoms with Crippen LogP contribution in [0, 0.1) is 5.92 Å². The van der Waals surface area contributed by atoms with E-state index in [0.717, 1.165) is 0 Å². The lowest BCUT2D eigenvalue weighted by atomic mass is 10.0. The molecular formula is C14H26N4O6S. The number of nitrogens with two attached hydrogens (primary N) is 1. The van der Waals surface area contributed by atoms with Gasteiger partial charge in [-0.25, -0.2) is 4.79 Å². The van der Waals surface area contributed by atoms with E-state index in [1.54, 1.807) is 13.8 Å². The van der Waals surface area contributed by atoms with E-state index < -0.39 is 54.5 Å². The maximum Gasteiger partial charge on any atom is 0.328 e. The number of carboxylic acids is 1. The van der Waals surface area contributed by atoms with Crippen LogP contribution in [-0.2, 0) is 19.2 Å². The largest absolute Gasteiger partial charge is 0.480 e. The number of carbonyl (C=O) groups is 4. The Morgan fingerprint density at radius 3 is 1.88 bits per heavy atom. The van der Waals surface area contributed by atoms with Gasteiger partial charge in [-0.2, -0.15) is 12.6 Å². The van der Waals surface area contributed by atoms with Gasteiger partial charge in [-0.3, -0.25) is 14.4 Å². The summed E-state index contributed by atoms with van der Waals surface area (Å²) in [5, 5.41) is 24.5. The van der Waals surface area contributed by atoms with E-state index in [4.69, 9.17) is 15.9 Å². The fraction of sp³-hybridized carbons (Fsp3) is 0.714. The van der Waals surface area contributed by atoms with Crippen molar-refractivity contribution in [2.75, 3.05) is 12.4 Å². The van der Waals surface area contributed by atoms with Crippen LogP contribution in [0.2, 0.25) is 0 Å². The number of amides is 3. The van der Waals surface area contributed by atoms with Crippen molar-refractivity contribution in [1.29, 1.82) is 0 Å². The van der Waals surface area contributed by atoms with Gasteiger partial charge in [0.05, 0.1) is 12.6 Å². The molecular weight excluding hydrogens is 352 g/mol. The minimum atomic E-state index is -1.48. The zero-order valence-electron chi connectivity index (χ0n) is 14.4. The fourth-order valence-electron chi connectivity index (χ4n) is 1.63. The Hall–Kier alpha value is -1.85. The van der Waals surface area contributed by atoms with E-state index in [1.807, 2.05) is 0 Å². The van der Waals surface area contributed by atoms with Gasteiger partial charge in [0.2, 0.25) is 17.7 Å². The molecule has 0 radical (unpaired) electrons. The average Bonchev–Trinajstić information content (AvgIpc) is 2.55. The van der Waals surface area contributed by atoms with E-state index in [0.29, 0.717) is 0 Å².